The molecule has 3 aromatic rings. The molecule has 0 unspecified atom stereocenters. The SMILES string of the molecule is CC[C@H](C)c1ccccc1NC(=O)[C@H](C)Sc1nnnn1-c1ccc(C)cc1C. The highest BCUT2D eigenvalue weighted by molar-refractivity contribution is 8.00. The molecule has 0 radical (unpaired) electrons. The highest BCUT2D eigenvalue weighted by Gasteiger charge is 2.21. The molecule has 0 spiro atoms. The van der Waals surface area contributed by atoms with Crippen LogP contribution in [0, 0.1) is 13.8 Å². The summed E-state index contributed by atoms with van der Waals surface area (Å²) in [6, 6.07) is 14.1. The van der Waals surface area contributed by atoms with E-state index < -0.39 is 0 Å². The van der Waals surface area contributed by atoms with Gasteiger partial charge in [0.1, 0.15) is 0 Å². The Morgan fingerprint density at radius 3 is 2.66 bits per heavy atom. The molecule has 2 atom stereocenters. The number of carbonyl (C=O) groups excluding carboxylic acids is 1. The molecule has 152 valence electrons. The molecule has 7 heteroatoms. The average Bonchev–Trinajstić information content (AvgIpc) is 3.15. The molecule has 1 amide bonds. The standard InChI is InChI=1S/C22H27N5OS/c1-6-15(3)18-9-7-8-10-19(18)23-21(28)17(5)29-22-24-25-26-27(22)20-12-11-14(2)13-16(20)4/h7-13,15,17H,6H2,1-5H3,(H,23,28)/t15-,17-/m0/s1. The molecule has 0 fully saturated rings. The van der Waals surface area contributed by atoms with Crippen LogP contribution >= 0.6 is 11.8 Å². The van der Waals surface area contributed by atoms with Crippen LogP contribution in [0.15, 0.2) is 47.6 Å². The van der Waals surface area contributed by atoms with Crippen molar-refractivity contribution in [1.82, 2.24) is 20.2 Å². The summed E-state index contributed by atoms with van der Waals surface area (Å²) in [4.78, 5) is 12.9. The third kappa shape index (κ3) is 4.85. The Hall–Kier alpha value is -2.67. The Labute approximate surface area is 176 Å². The van der Waals surface area contributed by atoms with Crippen molar-refractivity contribution in [2.45, 2.75) is 57.4 Å². The summed E-state index contributed by atoms with van der Waals surface area (Å²) < 4.78 is 1.69. The Balaban J connectivity index is 1.76. The number of nitrogens with zero attached hydrogens (tertiary/aromatic N) is 4. The van der Waals surface area contributed by atoms with Gasteiger partial charge in [-0.3, -0.25) is 4.79 Å². The first kappa shape index (κ1) is 21.0. The molecule has 1 heterocycles. The second kappa shape index (κ2) is 9.22. The normalized spacial score (nSPS) is 13.1. The molecule has 29 heavy (non-hydrogen) atoms. The summed E-state index contributed by atoms with van der Waals surface area (Å²) in [5.41, 5.74) is 5.20. The molecule has 2 aromatic carbocycles. The van der Waals surface area contributed by atoms with Gasteiger partial charge in [0.15, 0.2) is 0 Å². The van der Waals surface area contributed by atoms with Gasteiger partial charge < -0.3 is 5.32 Å². The summed E-state index contributed by atoms with van der Waals surface area (Å²) in [5.74, 6) is 0.312. The van der Waals surface area contributed by atoms with Crippen molar-refractivity contribution in [2.24, 2.45) is 0 Å². The van der Waals surface area contributed by atoms with Crippen molar-refractivity contribution in [3.05, 3.63) is 59.2 Å². The summed E-state index contributed by atoms with van der Waals surface area (Å²) in [7, 11) is 0. The lowest BCUT2D eigenvalue weighted by Crippen LogP contribution is -2.23. The van der Waals surface area contributed by atoms with Crippen LogP contribution in [-0.4, -0.2) is 31.4 Å². The van der Waals surface area contributed by atoms with Gasteiger partial charge >= 0.3 is 0 Å². The van der Waals surface area contributed by atoms with Gasteiger partial charge in [-0.1, -0.05) is 61.5 Å². The number of hydrogen-bond acceptors (Lipinski definition) is 5. The minimum atomic E-state index is -0.351. The van der Waals surface area contributed by atoms with Gasteiger partial charge in [0.25, 0.3) is 0 Å². The molecule has 1 N–H and O–H groups in total. The topological polar surface area (TPSA) is 72.7 Å². The van der Waals surface area contributed by atoms with Gasteiger partial charge in [-0.25, -0.2) is 0 Å². The molecule has 1 aromatic heterocycles. The fraction of sp³-hybridized carbons (Fsp3) is 0.364. The minimum absolute atomic E-state index is 0.0686. The number of rotatable bonds is 7. The number of tetrazole rings is 1. The third-order valence-electron chi connectivity index (χ3n) is 5.03. The average molecular weight is 410 g/mol. The molecule has 0 bridgehead atoms. The predicted octanol–water partition coefficient (Wildman–Crippen LogP) is 4.91. The fourth-order valence-corrected chi connectivity index (χ4v) is 3.95. The number of amides is 1. The summed E-state index contributed by atoms with van der Waals surface area (Å²) in [6.45, 7) is 10.3. The first-order chi connectivity index (χ1) is 13.9. The molecule has 6 nitrogen and oxygen atoms in total. The van der Waals surface area contributed by atoms with Crippen LogP contribution in [-0.2, 0) is 4.79 Å². The first-order valence-corrected chi connectivity index (χ1v) is 10.7. The van der Waals surface area contributed by atoms with Gasteiger partial charge in [0.2, 0.25) is 11.1 Å². The maximum Gasteiger partial charge on any atom is 0.237 e. The maximum atomic E-state index is 12.9. The fourth-order valence-electron chi connectivity index (χ4n) is 3.15. The Bertz CT molecular complexity index is 1000. The second-order valence-electron chi connectivity index (χ2n) is 7.31. The Kier molecular flexibility index (Phi) is 6.69. The quantitative estimate of drug-likeness (QED) is 0.561. The van der Waals surface area contributed by atoms with Crippen LogP contribution in [0.1, 0.15) is 49.8 Å². The molecule has 0 saturated heterocycles. The molecule has 3 rings (SSSR count). The summed E-state index contributed by atoms with van der Waals surface area (Å²) in [5, 5.41) is 15.4. The van der Waals surface area contributed by atoms with Crippen LogP contribution in [0.4, 0.5) is 5.69 Å². The molecular weight excluding hydrogens is 382 g/mol. The smallest absolute Gasteiger partial charge is 0.237 e. The van der Waals surface area contributed by atoms with E-state index in [-0.39, 0.29) is 11.2 Å². The second-order valence-corrected chi connectivity index (χ2v) is 8.62. The molecule has 0 saturated carbocycles. The number of anilines is 1. The van der Waals surface area contributed by atoms with Crippen molar-refractivity contribution in [1.29, 1.82) is 0 Å². The zero-order valence-corrected chi connectivity index (χ0v) is 18.3. The number of hydrogen-bond donors (Lipinski definition) is 1. The van der Waals surface area contributed by atoms with E-state index in [1.54, 1.807) is 4.68 Å². The van der Waals surface area contributed by atoms with E-state index in [4.69, 9.17) is 0 Å². The van der Waals surface area contributed by atoms with Crippen LogP contribution in [0.3, 0.4) is 0 Å². The largest absolute Gasteiger partial charge is 0.325 e. The summed E-state index contributed by atoms with van der Waals surface area (Å²) >= 11 is 1.35. The van der Waals surface area contributed by atoms with Gasteiger partial charge in [-0.2, -0.15) is 4.68 Å². The van der Waals surface area contributed by atoms with Gasteiger partial charge in [0.05, 0.1) is 10.9 Å². The minimum Gasteiger partial charge on any atom is -0.325 e. The van der Waals surface area contributed by atoms with Crippen molar-refractivity contribution < 1.29 is 4.79 Å². The van der Waals surface area contributed by atoms with Crippen molar-refractivity contribution >= 4 is 23.4 Å². The van der Waals surface area contributed by atoms with Gasteiger partial charge in [-0.15, -0.1) is 5.10 Å². The van der Waals surface area contributed by atoms with Crippen molar-refractivity contribution in [2.75, 3.05) is 5.32 Å². The number of benzene rings is 2. The molecule has 0 aliphatic carbocycles. The number of nitrogens with one attached hydrogen (secondary N) is 1. The Morgan fingerprint density at radius 1 is 1.17 bits per heavy atom. The lowest BCUT2D eigenvalue weighted by Gasteiger charge is -2.17. The van der Waals surface area contributed by atoms with Gasteiger partial charge in [0, 0.05) is 5.69 Å². The predicted molar refractivity (Wildman–Crippen MR) is 118 cm³/mol. The number of para-hydroxylation sites is 1. The molecular formula is C22H27N5OS. The monoisotopic (exact) mass is 409 g/mol. The van der Waals surface area contributed by atoms with Crippen LogP contribution < -0.4 is 5.32 Å². The highest BCUT2D eigenvalue weighted by Crippen LogP contribution is 2.29. The van der Waals surface area contributed by atoms with Crippen LogP contribution in [0.25, 0.3) is 5.69 Å². The van der Waals surface area contributed by atoms with E-state index in [2.05, 4.69) is 53.7 Å². The van der Waals surface area contributed by atoms with E-state index in [1.807, 2.05) is 44.2 Å². The zero-order valence-electron chi connectivity index (χ0n) is 17.5. The van der Waals surface area contributed by atoms with E-state index >= 15 is 0 Å². The molecule has 0 aliphatic heterocycles. The Morgan fingerprint density at radius 2 is 1.93 bits per heavy atom. The van der Waals surface area contributed by atoms with E-state index in [1.165, 1.54) is 17.3 Å². The van der Waals surface area contributed by atoms with Crippen LogP contribution in [0.5, 0.6) is 0 Å². The summed E-state index contributed by atoms with van der Waals surface area (Å²) in [6.07, 6.45) is 1.02. The number of thioether (sulfide) groups is 1. The number of aromatic nitrogens is 4. The first-order valence-electron chi connectivity index (χ1n) is 9.83. The maximum absolute atomic E-state index is 12.9. The van der Waals surface area contributed by atoms with Gasteiger partial charge in [-0.05, 0) is 66.8 Å². The van der Waals surface area contributed by atoms with E-state index in [0.717, 1.165) is 28.9 Å². The molecule has 0 aliphatic rings. The van der Waals surface area contributed by atoms with E-state index in [9.17, 15) is 4.79 Å². The van der Waals surface area contributed by atoms with Crippen molar-refractivity contribution in [3.63, 3.8) is 0 Å². The van der Waals surface area contributed by atoms with Crippen molar-refractivity contribution in [3.8, 4) is 5.69 Å². The van der Waals surface area contributed by atoms with Crippen LogP contribution in [0.2, 0.25) is 0 Å². The van der Waals surface area contributed by atoms with E-state index in [0.29, 0.717) is 11.1 Å². The highest BCUT2D eigenvalue weighted by atomic mass is 32.2. The third-order valence-corrected chi connectivity index (χ3v) is 6.07. The lowest BCUT2D eigenvalue weighted by atomic mass is 9.97. The number of carbonyl (C=O) groups is 1. The number of aryl methyl sites for hydroxylation is 2. The lowest BCUT2D eigenvalue weighted by molar-refractivity contribution is -0.115. The zero-order chi connectivity index (χ0) is 21.0.